The number of amides is 2. The molecule has 4 rings (SSSR count). The lowest BCUT2D eigenvalue weighted by atomic mass is 10.0. The summed E-state index contributed by atoms with van der Waals surface area (Å²) in [5.74, 6) is -1.03. The molecule has 2 fully saturated rings. The van der Waals surface area contributed by atoms with Gasteiger partial charge in [-0.05, 0) is 36.3 Å². The minimum Gasteiger partial charge on any atom is -0.619 e. The van der Waals surface area contributed by atoms with Gasteiger partial charge in [0, 0.05) is 12.6 Å². The molecule has 34 heavy (non-hydrogen) atoms. The van der Waals surface area contributed by atoms with Gasteiger partial charge in [0.05, 0.1) is 17.5 Å². The number of Topliss-reactive ketones (excluding diaryl/α,β-unsaturated/α-hetero) is 1. The number of hydrogen-bond donors (Lipinski definition) is 1. The van der Waals surface area contributed by atoms with E-state index in [1.54, 1.807) is 17.5 Å². The van der Waals surface area contributed by atoms with E-state index in [0.29, 0.717) is 22.4 Å². The van der Waals surface area contributed by atoms with Crippen LogP contribution in [0.25, 0.3) is 0 Å². The fourth-order valence-electron chi connectivity index (χ4n) is 4.59. The molecule has 0 radical (unpaired) electrons. The molecule has 4 heterocycles. The molecule has 3 atom stereocenters. The van der Waals surface area contributed by atoms with Crippen molar-refractivity contribution >= 4 is 39.0 Å². The fourth-order valence-corrected chi connectivity index (χ4v) is 6.85. The predicted octanol–water partition coefficient (Wildman–Crippen LogP) is 0.769. The second-order valence-electron chi connectivity index (χ2n) is 8.88. The second kappa shape index (κ2) is 9.43. The zero-order valence-corrected chi connectivity index (χ0v) is 20.4. The lowest BCUT2D eigenvalue weighted by molar-refractivity contribution is -0.607. The van der Waals surface area contributed by atoms with Crippen molar-refractivity contribution < 1.29 is 27.5 Å². The van der Waals surface area contributed by atoms with E-state index >= 15 is 0 Å². The predicted molar refractivity (Wildman–Crippen MR) is 123 cm³/mol. The Morgan fingerprint density at radius 3 is 2.71 bits per heavy atom. The van der Waals surface area contributed by atoms with Crippen LogP contribution in [0, 0.1) is 11.1 Å². The van der Waals surface area contributed by atoms with Gasteiger partial charge in [0.15, 0.2) is 18.2 Å². The largest absolute Gasteiger partial charge is 0.619 e. The van der Waals surface area contributed by atoms with Crippen LogP contribution in [0.4, 0.5) is 0 Å². The molecule has 2 aromatic rings. The van der Waals surface area contributed by atoms with Crippen molar-refractivity contribution in [1.29, 1.82) is 0 Å². The van der Waals surface area contributed by atoms with Crippen LogP contribution in [0.3, 0.4) is 0 Å². The van der Waals surface area contributed by atoms with Crippen LogP contribution in [-0.4, -0.2) is 66.4 Å². The van der Waals surface area contributed by atoms with Crippen LogP contribution < -0.4 is 10.0 Å². The third-order valence-electron chi connectivity index (χ3n) is 6.07. The number of sulfonamides is 1. The molecule has 2 aliphatic heterocycles. The SMILES string of the molecule is CC(C)CC(NC(=O)c1cccs1)C(=O)N1CCC2C1C(=O)CN2S(=O)(=O)c1ccc[n+]([O-])c1. The van der Waals surface area contributed by atoms with E-state index in [4.69, 9.17) is 0 Å². The Morgan fingerprint density at radius 1 is 1.29 bits per heavy atom. The summed E-state index contributed by atoms with van der Waals surface area (Å²) in [4.78, 5) is 40.7. The van der Waals surface area contributed by atoms with E-state index in [9.17, 15) is 28.0 Å². The van der Waals surface area contributed by atoms with Crippen LogP contribution in [-0.2, 0) is 19.6 Å². The summed E-state index contributed by atoms with van der Waals surface area (Å²) < 4.78 is 27.8. The Balaban J connectivity index is 1.56. The zero-order valence-electron chi connectivity index (χ0n) is 18.8. The Morgan fingerprint density at radius 2 is 2.06 bits per heavy atom. The van der Waals surface area contributed by atoms with Gasteiger partial charge in [-0.2, -0.15) is 9.04 Å². The molecule has 2 aromatic heterocycles. The molecule has 2 saturated heterocycles. The molecule has 0 aliphatic carbocycles. The highest BCUT2D eigenvalue weighted by atomic mass is 32.2. The smallest absolute Gasteiger partial charge is 0.261 e. The third kappa shape index (κ3) is 4.57. The number of ketones is 1. The van der Waals surface area contributed by atoms with Gasteiger partial charge in [-0.1, -0.05) is 19.9 Å². The number of rotatable bonds is 7. The monoisotopic (exact) mass is 506 g/mol. The fraction of sp³-hybridized carbons (Fsp3) is 0.455. The van der Waals surface area contributed by atoms with Crippen LogP contribution in [0.2, 0.25) is 0 Å². The Hall–Kier alpha value is -2.83. The van der Waals surface area contributed by atoms with E-state index in [0.717, 1.165) is 10.5 Å². The number of hydrogen-bond acceptors (Lipinski definition) is 7. The van der Waals surface area contributed by atoms with Crippen LogP contribution >= 0.6 is 11.3 Å². The number of nitrogens with one attached hydrogen (secondary N) is 1. The molecule has 0 saturated carbocycles. The lowest BCUT2D eigenvalue weighted by Gasteiger charge is -2.29. The van der Waals surface area contributed by atoms with Gasteiger partial charge in [0.1, 0.15) is 17.0 Å². The number of thiophene rings is 1. The van der Waals surface area contributed by atoms with Crippen LogP contribution in [0.1, 0.15) is 36.4 Å². The molecule has 0 aromatic carbocycles. The van der Waals surface area contributed by atoms with Gasteiger partial charge in [0.2, 0.25) is 15.9 Å². The van der Waals surface area contributed by atoms with E-state index in [1.165, 1.54) is 34.6 Å². The van der Waals surface area contributed by atoms with Crippen molar-refractivity contribution in [3.63, 3.8) is 0 Å². The average Bonchev–Trinajstić information content (AvgIpc) is 3.51. The molecule has 0 spiro atoms. The summed E-state index contributed by atoms with van der Waals surface area (Å²) in [6.07, 6.45) is 2.79. The molecule has 2 aliphatic rings. The Labute approximate surface area is 201 Å². The Bertz CT molecular complexity index is 1200. The maximum absolute atomic E-state index is 13.5. The van der Waals surface area contributed by atoms with Crippen molar-refractivity contribution in [1.82, 2.24) is 14.5 Å². The number of carbonyl (C=O) groups is 3. The van der Waals surface area contributed by atoms with Gasteiger partial charge < -0.3 is 15.4 Å². The molecule has 182 valence electrons. The normalized spacial score (nSPS) is 21.6. The van der Waals surface area contributed by atoms with Crippen molar-refractivity contribution in [3.8, 4) is 0 Å². The van der Waals surface area contributed by atoms with Crippen molar-refractivity contribution in [2.24, 2.45) is 5.92 Å². The maximum atomic E-state index is 13.5. The van der Waals surface area contributed by atoms with Gasteiger partial charge in [-0.3, -0.25) is 14.4 Å². The molecular weight excluding hydrogens is 480 g/mol. The summed E-state index contributed by atoms with van der Waals surface area (Å²) in [6.45, 7) is 3.69. The molecule has 10 nitrogen and oxygen atoms in total. The van der Waals surface area contributed by atoms with E-state index < -0.39 is 34.1 Å². The first-order valence-electron chi connectivity index (χ1n) is 11.0. The standard InChI is InChI=1S/C22H26N4O6S2/c1-14(2)11-16(23-21(28)19-6-4-10-33-19)22(29)25-9-7-17-20(25)18(27)13-26(17)34(31,32)15-5-3-8-24(30)12-15/h3-6,8,10,12,14,16-17,20H,7,9,11,13H2,1-2H3,(H,23,28). The average molecular weight is 507 g/mol. The first kappa shape index (κ1) is 24.3. The van der Waals surface area contributed by atoms with Gasteiger partial charge in [0.25, 0.3) is 5.91 Å². The second-order valence-corrected chi connectivity index (χ2v) is 11.7. The quantitative estimate of drug-likeness (QED) is 0.436. The van der Waals surface area contributed by atoms with Crippen molar-refractivity contribution in [2.45, 2.75) is 49.7 Å². The number of aromatic nitrogens is 1. The maximum Gasteiger partial charge on any atom is 0.261 e. The Kier molecular flexibility index (Phi) is 6.74. The molecule has 2 amide bonds. The zero-order chi connectivity index (χ0) is 24.6. The number of likely N-dealkylation sites (tertiary alicyclic amines) is 1. The topological polar surface area (TPSA) is 131 Å². The molecule has 0 bridgehead atoms. The number of nitrogens with zero attached hydrogens (tertiary/aromatic N) is 3. The van der Waals surface area contributed by atoms with Crippen molar-refractivity contribution in [3.05, 3.63) is 52.1 Å². The lowest BCUT2D eigenvalue weighted by Crippen LogP contribution is -2.52. The van der Waals surface area contributed by atoms with E-state index in [-0.39, 0.29) is 35.6 Å². The summed E-state index contributed by atoms with van der Waals surface area (Å²) in [5, 5.41) is 16.2. The molecule has 12 heteroatoms. The highest BCUT2D eigenvalue weighted by molar-refractivity contribution is 7.89. The number of pyridine rings is 1. The minimum absolute atomic E-state index is 0.101. The highest BCUT2D eigenvalue weighted by Crippen LogP contribution is 2.34. The van der Waals surface area contributed by atoms with Gasteiger partial charge >= 0.3 is 0 Å². The van der Waals surface area contributed by atoms with Crippen LogP contribution in [0.15, 0.2) is 46.9 Å². The van der Waals surface area contributed by atoms with Crippen molar-refractivity contribution in [2.75, 3.05) is 13.1 Å². The van der Waals surface area contributed by atoms with E-state index in [1.807, 2.05) is 13.8 Å². The third-order valence-corrected chi connectivity index (χ3v) is 8.79. The van der Waals surface area contributed by atoms with E-state index in [2.05, 4.69) is 5.32 Å². The molecule has 1 N–H and O–H groups in total. The summed E-state index contributed by atoms with van der Waals surface area (Å²) in [7, 11) is -4.10. The minimum atomic E-state index is -4.10. The highest BCUT2D eigenvalue weighted by Gasteiger charge is 2.54. The van der Waals surface area contributed by atoms with Gasteiger partial charge in [-0.25, -0.2) is 8.42 Å². The molecular formula is C22H26N4O6S2. The summed E-state index contributed by atoms with van der Waals surface area (Å²) >= 11 is 1.27. The van der Waals surface area contributed by atoms with Crippen LogP contribution in [0.5, 0.6) is 0 Å². The first-order chi connectivity index (χ1) is 16.1. The summed E-state index contributed by atoms with van der Waals surface area (Å²) in [6, 6.07) is 3.58. The first-order valence-corrected chi connectivity index (χ1v) is 13.3. The molecule has 3 unspecified atom stereocenters. The number of fused-ring (bicyclic) bond motifs is 1. The number of carbonyl (C=O) groups excluding carboxylic acids is 3. The summed E-state index contributed by atoms with van der Waals surface area (Å²) in [5.41, 5.74) is 0. The van der Waals surface area contributed by atoms with Gasteiger partial charge in [-0.15, -0.1) is 11.3 Å².